The van der Waals surface area contributed by atoms with E-state index in [2.05, 4.69) is 10.2 Å². The fourth-order valence-electron chi connectivity index (χ4n) is 0.772. The van der Waals surface area contributed by atoms with Crippen LogP contribution in [-0.4, -0.2) is 21.3 Å². The second-order valence-corrected chi connectivity index (χ2v) is 2.90. The minimum absolute atomic E-state index is 0.342. The molecule has 0 unspecified atom stereocenters. The molecule has 0 saturated carbocycles. The Morgan fingerprint density at radius 1 is 1.58 bits per heavy atom. The van der Waals surface area contributed by atoms with E-state index in [1.807, 2.05) is 13.8 Å². The van der Waals surface area contributed by atoms with Crippen LogP contribution >= 0.6 is 0 Å². The molecular formula is C7H10N2O3. The smallest absolute Gasteiger partial charge is 0.393 e. The number of rotatable bonds is 3. The van der Waals surface area contributed by atoms with Crippen molar-refractivity contribution in [2.24, 2.45) is 5.92 Å². The number of carbonyl (C=O) groups is 1. The van der Waals surface area contributed by atoms with Crippen molar-refractivity contribution in [2.75, 3.05) is 0 Å². The lowest BCUT2D eigenvalue weighted by Crippen LogP contribution is -1.95. The summed E-state index contributed by atoms with van der Waals surface area (Å²) in [4.78, 5) is 10.3. The van der Waals surface area contributed by atoms with Gasteiger partial charge >= 0.3 is 11.9 Å². The molecule has 0 amide bonds. The number of hydrogen-bond acceptors (Lipinski definition) is 4. The van der Waals surface area contributed by atoms with E-state index >= 15 is 0 Å². The van der Waals surface area contributed by atoms with Gasteiger partial charge in [-0.1, -0.05) is 13.8 Å². The van der Waals surface area contributed by atoms with Gasteiger partial charge in [-0.2, -0.15) is 0 Å². The van der Waals surface area contributed by atoms with Crippen LogP contribution in [0.15, 0.2) is 4.42 Å². The van der Waals surface area contributed by atoms with Crippen molar-refractivity contribution in [3.05, 3.63) is 11.8 Å². The van der Waals surface area contributed by atoms with Gasteiger partial charge in [0.05, 0.1) is 0 Å². The topological polar surface area (TPSA) is 76.2 Å². The van der Waals surface area contributed by atoms with Crippen LogP contribution in [0.25, 0.3) is 0 Å². The average Bonchev–Trinajstić information content (AvgIpc) is 2.34. The molecule has 0 aliphatic carbocycles. The maximum Gasteiger partial charge on any atom is 0.393 e. The number of carboxylic acids is 1. The van der Waals surface area contributed by atoms with E-state index in [9.17, 15) is 4.79 Å². The van der Waals surface area contributed by atoms with E-state index in [-0.39, 0.29) is 5.89 Å². The first-order valence-electron chi connectivity index (χ1n) is 3.65. The zero-order chi connectivity index (χ0) is 9.14. The first kappa shape index (κ1) is 8.70. The van der Waals surface area contributed by atoms with Crippen LogP contribution in [0.1, 0.15) is 30.4 Å². The highest BCUT2D eigenvalue weighted by molar-refractivity contribution is 5.81. The predicted octanol–water partition coefficient (Wildman–Crippen LogP) is 0.966. The van der Waals surface area contributed by atoms with Gasteiger partial charge in [0.2, 0.25) is 5.89 Å². The molecule has 0 atom stereocenters. The van der Waals surface area contributed by atoms with E-state index < -0.39 is 5.97 Å². The number of nitrogens with zero attached hydrogens (tertiary/aromatic N) is 2. The van der Waals surface area contributed by atoms with Crippen LogP contribution in [0.5, 0.6) is 0 Å². The summed E-state index contributed by atoms with van der Waals surface area (Å²) in [5, 5.41) is 15.4. The Morgan fingerprint density at radius 3 is 2.67 bits per heavy atom. The van der Waals surface area contributed by atoms with Crippen molar-refractivity contribution in [1.29, 1.82) is 0 Å². The Balaban J connectivity index is 2.71. The standard InChI is InChI=1S/C7H10N2O3/c1-4(2)3-5-8-9-6(12-5)7(10)11/h4H,3H2,1-2H3,(H,10,11). The molecule has 0 fully saturated rings. The third-order valence-corrected chi connectivity index (χ3v) is 1.23. The van der Waals surface area contributed by atoms with Crippen molar-refractivity contribution < 1.29 is 14.3 Å². The molecule has 0 aliphatic heterocycles. The number of aromatic carboxylic acids is 1. The molecule has 5 nitrogen and oxygen atoms in total. The SMILES string of the molecule is CC(C)Cc1nnc(C(=O)O)o1. The van der Waals surface area contributed by atoms with E-state index in [0.29, 0.717) is 18.2 Å². The van der Waals surface area contributed by atoms with Gasteiger partial charge in [-0.15, -0.1) is 10.2 Å². The highest BCUT2D eigenvalue weighted by atomic mass is 16.4. The van der Waals surface area contributed by atoms with Crippen molar-refractivity contribution in [2.45, 2.75) is 20.3 Å². The zero-order valence-electron chi connectivity index (χ0n) is 6.94. The van der Waals surface area contributed by atoms with Gasteiger partial charge in [0.25, 0.3) is 0 Å². The number of hydrogen-bond donors (Lipinski definition) is 1. The fourth-order valence-corrected chi connectivity index (χ4v) is 0.772. The molecule has 1 aromatic heterocycles. The predicted molar refractivity (Wildman–Crippen MR) is 39.8 cm³/mol. The Bertz CT molecular complexity index is 280. The summed E-state index contributed by atoms with van der Waals surface area (Å²) in [6.45, 7) is 3.98. The van der Waals surface area contributed by atoms with Gasteiger partial charge in [-0.05, 0) is 5.92 Å². The summed E-state index contributed by atoms with van der Waals surface area (Å²) in [5.41, 5.74) is 0. The monoisotopic (exact) mass is 170 g/mol. The van der Waals surface area contributed by atoms with Crippen LogP contribution in [0.4, 0.5) is 0 Å². The highest BCUT2D eigenvalue weighted by Crippen LogP contribution is 2.06. The van der Waals surface area contributed by atoms with E-state index in [1.165, 1.54) is 0 Å². The number of carboxylic acid groups (broad SMARTS) is 1. The molecule has 0 bridgehead atoms. The van der Waals surface area contributed by atoms with Crippen molar-refractivity contribution in [1.82, 2.24) is 10.2 Å². The Labute approximate surface area is 69.4 Å². The zero-order valence-corrected chi connectivity index (χ0v) is 6.94. The summed E-state index contributed by atoms with van der Waals surface area (Å²) in [5.74, 6) is -0.766. The summed E-state index contributed by atoms with van der Waals surface area (Å²) in [6, 6.07) is 0. The van der Waals surface area contributed by atoms with Crippen LogP contribution in [0.3, 0.4) is 0 Å². The summed E-state index contributed by atoms with van der Waals surface area (Å²) >= 11 is 0. The number of aromatic nitrogens is 2. The van der Waals surface area contributed by atoms with Gasteiger partial charge in [-0.3, -0.25) is 0 Å². The summed E-state index contributed by atoms with van der Waals surface area (Å²) in [7, 11) is 0. The highest BCUT2D eigenvalue weighted by Gasteiger charge is 2.13. The second-order valence-electron chi connectivity index (χ2n) is 2.90. The third-order valence-electron chi connectivity index (χ3n) is 1.23. The van der Waals surface area contributed by atoms with Crippen LogP contribution < -0.4 is 0 Å². The second kappa shape index (κ2) is 3.34. The first-order valence-corrected chi connectivity index (χ1v) is 3.65. The van der Waals surface area contributed by atoms with Crippen LogP contribution in [0.2, 0.25) is 0 Å². The van der Waals surface area contributed by atoms with Crippen LogP contribution in [0, 0.1) is 5.92 Å². The van der Waals surface area contributed by atoms with Crippen molar-refractivity contribution >= 4 is 5.97 Å². The van der Waals surface area contributed by atoms with E-state index in [0.717, 1.165) is 0 Å². The van der Waals surface area contributed by atoms with E-state index in [4.69, 9.17) is 9.52 Å². The van der Waals surface area contributed by atoms with Gasteiger partial charge in [-0.25, -0.2) is 4.79 Å². The molecule has 0 aliphatic rings. The Morgan fingerprint density at radius 2 is 2.25 bits per heavy atom. The molecule has 5 heteroatoms. The quantitative estimate of drug-likeness (QED) is 0.731. The lowest BCUT2D eigenvalue weighted by molar-refractivity contribution is 0.0651. The molecule has 1 rings (SSSR count). The fraction of sp³-hybridized carbons (Fsp3) is 0.571. The normalized spacial score (nSPS) is 10.6. The average molecular weight is 170 g/mol. The Hall–Kier alpha value is -1.39. The molecule has 0 spiro atoms. The molecular weight excluding hydrogens is 160 g/mol. The van der Waals surface area contributed by atoms with Crippen molar-refractivity contribution in [3.8, 4) is 0 Å². The van der Waals surface area contributed by atoms with Gasteiger partial charge in [0, 0.05) is 6.42 Å². The van der Waals surface area contributed by atoms with Crippen LogP contribution in [-0.2, 0) is 6.42 Å². The van der Waals surface area contributed by atoms with Gasteiger partial charge < -0.3 is 9.52 Å². The molecule has 0 radical (unpaired) electrons. The molecule has 1 aromatic rings. The molecule has 66 valence electrons. The van der Waals surface area contributed by atoms with Gasteiger partial charge in [0.15, 0.2) is 0 Å². The lowest BCUT2D eigenvalue weighted by Gasteiger charge is -1.96. The maximum absolute atomic E-state index is 10.3. The Kier molecular flexibility index (Phi) is 2.42. The third kappa shape index (κ3) is 2.05. The van der Waals surface area contributed by atoms with E-state index in [1.54, 1.807) is 0 Å². The van der Waals surface area contributed by atoms with Gasteiger partial charge in [0.1, 0.15) is 0 Å². The molecule has 1 N–H and O–H groups in total. The molecule has 12 heavy (non-hydrogen) atoms. The van der Waals surface area contributed by atoms with Crippen molar-refractivity contribution in [3.63, 3.8) is 0 Å². The minimum atomic E-state index is -1.18. The molecule has 0 aromatic carbocycles. The first-order chi connectivity index (χ1) is 5.59. The summed E-state index contributed by atoms with van der Waals surface area (Å²) in [6.07, 6.45) is 0.611. The largest absolute Gasteiger partial charge is 0.474 e. The summed E-state index contributed by atoms with van der Waals surface area (Å²) < 4.78 is 4.83. The lowest BCUT2D eigenvalue weighted by atomic mass is 10.1. The molecule has 0 saturated heterocycles. The minimum Gasteiger partial charge on any atom is -0.474 e. The molecule has 1 heterocycles. The maximum atomic E-state index is 10.3.